The van der Waals surface area contributed by atoms with Crippen LogP contribution < -0.4 is 10.6 Å². The van der Waals surface area contributed by atoms with Gasteiger partial charge in [0.25, 0.3) is 0 Å². The molecule has 0 amide bonds. The lowest BCUT2D eigenvalue weighted by atomic mass is 10.3. The number of nitrogens with zero attached hydrogens (tertiary/aromatic N) is 2. The van der Waals surface area contributed by atoms with Crippen molar-refractivity contribution in [3.05, 3.63) is 40.0 Å². The Morgan fingerprint density at radius 2 is 1.95 bits per heavy atom. The fraction of sp³-hybridized carbons (Fsp3) is 0.333. The Balaban J connectivity index is 2.06. The summed E-state index contributed by atoms with van der Waals surface area (Å²) in [6, 6.07) is 7.21. The molecule has 0 aliphatic carbocycles. The molecule has 0 spiro atoms. The summed E-state index contributed by atoms with van der Waals surface area (Å²) >= 11 is 11.9. The van der Waals surface area contributed by atoms with Crippen LogP contribution in [0.4, 0.5) is 17.5 Å². The van der Waals surface area contributed by atoms with E-state index in [4.69, 9.17) is 27.9 Å². The first-order valence-electron chi connectivity index (χ1n) is 6.89. The summed E-state index contributed by atoms with van der Waals surface area (Å²) in [5, 5.41) is 7.39. The maximum Gasteiger partial charge on any atom is 0.224 e. The van der Waals surface area contributed by atoms with Crippen LogP contribution in [-0.4, -0.2) is 30.2 Å². The molecule has 1 aromatic carbocycles. The zero-order valence-corrected chi connectivity index (χ0v) is 14.0. The van der Waals surface area contributed by atoms with E-state index in [0.29, 0.717) is 28.4 Å². The molecule has 0 saturated carbocycles. The number of halogens is 2. The second-order valence-corrected chi connectivity index (χ2v) is 5.56. The monoisotopic (exact) mass is 340 g/mol. The maximum atomic E-state index is 6.01. The van der Waals surface area contributed by atoms with E-state index >= 15 is 0 Å². The molecule has 0 atom stereocenters. The Kier molecular flexibility index (Phi) is 6.24. The number of aryl methyl sites for hydroxylation is 1. The zero-order valence-electron chi connectivity index (χ0n) is 12.5. The van der Waals surface area contributed by atoms with E-state index < -0.39 is 0 Å². The van der Waals surface area contributed by atoms with Gasteiger partial charge in [-0.2, -0.15) is 4.98 Å². The molecule has 0 saturated heterocycles. The van der Waals surface area contributed by atoms with Crippen molar-refractivity contribution in [3.63, 3.8) is 0 Å². The summed E-state index contributed by atoms with van der Waals surface area (Å²) < 4.78 is 5.01. The molecule has 2 N–H and O–H groups in total. The van der Waals surface area contributed by atoms with Crippen molar-refractivity contribution in [1.82, 2.24) is 9.97 Å². The van der Waals surface area contributed by atoms with E-state index in [-0.39, 0.29) is 0 Å². The molecule has 1 heterocycles. The van der Waals surface area contributed by atoms with E-state index in [0.717, 1.165) is 24.3 Å². The van der Waals surface area contributed by atoms with Gasteiger partial charge in [-0.05, 0) is 31.5 Å². The van der Waals surface area contributed by atoms with E-state index in [1.165, 1.54) is 0 Å². The highest BCUT2D eigenvalue weighted by Crippen LogP contribution is 2.26. The van der Waals surface area contributed by atoms with Gasteiger partial charge in [-0.3, -0.25) is 0 Å². The highest BCUT2D eigenvalue weighted by molar-refractivity contribution is 6.42. The molecule has 7 heteroatoms. The first-order valence-corrected chi connectivity index (χ1v) is 7.64. The van der Waals surface area contributed by atoms with Gasteiger partial charge in [0, 0.05) is 37.7 Å². The van der Waals surface area contributed by atoms with Gasteiger partial charge in [-0.1, -0.05) is 23.2 Å². The number of nitrogens with one attached hydrogen (secondary N) is 2. The van der Waals surface area contributed by atoms with Gasteiger partial charge in [0.1, 0.15) is 5.82 Å². The van der Waals surface area contributed by atoms with Crippen LogP contribution in [0.15, 0.2) is 24.3 Å². The largest absolute Gasteiger partial charge is 0.385 e. The molecular weight excluding hydrogens is 323 g/mol. The number of rotatable bonds is 7. The number of hydrogen-bond acceptors (Lipinski definition) is 5. The van der Waals surface area contributed by atoms with Gasteiger partial charge in [-0.15, -0.1) is 0 Å². The van der Waals surface area contributed by atoms with E-state index in [1.807, 2.05) is 19.1 Å². The predicted molar refractivity (Wildman–Crippen MR) is 91.5 cm³/mol. The van der Waals surface area contributed by atoms with E-state index in [1.54, 1.807) is 19.2 Å². The third-order valence-electron chi connectivity index (χ3n) is 2.85. The fourth-order valence-corrected chi connectivity index (χ4v) is 2.15. The Bertz CT molecular complexity index is 637. The van der Waals surface area contributed by atoms with Gasteiger partial charge in [-0.25, -0.2) is 4.98 Å². The molecule has 0 unspecified atom stereocenters. The lowest BCUT2D eigenvalue weighted by Gasteiger charge is -2.10. The summed E-state index contributed by atoms with van der Waals surface area (Å²) in [6.07, 6.45) is 0.892. The van der Waals surface area contributed by atoms with Crippen molar-refractivity contribution >= 4 is 40.7 Å². The Morgan fingerprint density at radius 1 is 1.14 bits per heavy atom. The lowest BCUT2D eigenvalue weighted by Crippen LogP contribution is -2.09. The minimum atomic E-state index is 0.496. The van der Waals surface area contributed by atoms with Crippen LogP contribution in [0.1, 0.15) is 12.1 Å². The van der Waals surface area contributed by atoms with Crippen molar-refractivity contribution in [3.8, 4) is 0 Å². The Morgan fingerprint density at radius 3 is 2.68 bits per heavy atom. The average molecular weight is 341 g/mol. The quantitative estimate of drug-likeness (QED) is 0.736. The maximum absolute atomic E-state index is 6.01. The smallest absolute Gasteiger partial charge is 0.224 e. The molecule has 2 rings (SSSR count). The standard InChI is InChI=1S/C15H18Cl2N4O/c1-10-8-14(20-11-4-5-12(16)13(17)9-11)21-15(19-10)18-6-3-7-22-2/h4-5,8-9H,3,6-7H2,1-2H3,(H2,18,19,20,21). The van der Waals surface area contributed by atoms with Gasteiger partial charge in [0.05, 0.1) is 10.0 Å². The zero-order chi connectivity index (χ0) is 15.9. The average Bonchev–Trinajstić information content (AvgIpc) is 2.47. The Hall–Kier alpha value is -1.56. The van der Waals surface area contributed by atoms with Gasteiger partial charge >= 0.3 is 0 Å². The molecule has 0 radical (unpaired) electrons. The Labute approximate surface area is 140 Å². The fourth-order valence-electron chi connectivity index (χ4n) is 1.85. The molecule has 0 fully saturated rings. The van der Waals surface area contributed by atoms with Crippen molar-refractivity contribution in [1.29, 1.82) is 0 Å². The molecule has 0 bridgehead atoms. The van der Waals surface area contributed by atoms with Crippen molar-refractivity contribution in [2.45, 2.75) is 13.3 Å². The number of hydrogen-bond donors (Lipinski definition) is 2. The highest BCUT2D eigenvalue weighted by Gasteiger charge is 2.04. The SMILES string of the molecule is COCCCNc1nc(C)cc(Nc2ccc(Cl)c(Cl)c2)n1. The molecular formula is C15H18Cl2N4O. The van der Waals surface area contributed by atoms with Crippen LogP contribution in [0.2, 0.25) is 10.0 Å². The molecule has 0 aliphatic rings. The minimum Gasteiger partial charge on any atom is -0.385 e. The van der Waals surface area contributed by atoms with Crippen LogP contribution in [0.25, 0.3) is 0 Å². The third kappa shape index (κ3) is 5.02. The topological polar surface area (TPSA) is 59.1 Å². The molecule has 0 aliphatic heterocycles. The summed E-state index contributed by atoms with van der Waals surface area (Å²) in [6.45, 7) is 3.37. The molecule has 1 aromatic heterocycles. The molecule has 2 aromatic rings. The van der Waals surface area contributed by atoms with Gasteiger partial charge in [0.15, 0.2) is 0 Å². The number of aromatic nitrogens is 2. The highest BCUT2D eigenvalue weighted by atomic mass is 35.5. The number of benzene rings is 1. The van der Waals surface area contributed by atoms with Crippen LogP contribution >= 0.6 is 23.2 Å². The minimum absolute atomic E-state index is 0.496. The summed E-state index contributed by atoms with van der Waals surface area (Å²) in [5.41, 5.74) is 1.68. The number of methoxy groups -OCH3 is 1. The number of anilines is 3. The number of ether oxygens (including phenoxy) is 1. The summed E-state index contributed by atoms with van der Waals surface area (Å²) in [4.78, 5) is 8.78. The molecule has 22 heavy (non-hydrogen) atoms. The molecule has 118 valence electrons. The van der Waals surface area contributed by atoms with E-state index in [2.05, 4.69) is 20.6 Å². The lowest BCUT2D eigenvalue weighted by molar-refractivity contribution is 0.197. The van der Waals surface area contributed by atoms with Crippen molar-refractivity contribution in [2.24, 2.45) is 0 Å². The first kappa shape index (κ1) is 16.8. The first-order chi connectivity index (χ1) is 10.6. The van der Waals surface area contributed by atoms with Crippen LogP contribution in [0.3, 0.4) is 0 Å². The summed E-state index contributed by atoms with van der Waals surface area (Å²) in [7, 11) is 1.68. The van der Waals surface area contributed by atoms with Gasteiger partial charge < -0.3 is 15.4 Å². The van der Waals surface area contributed by atoms with Crippen LogP contribution in [0.5, 0.6) is 0 Å². The van der Waals surface area contributed by atoms with Crippen LogP contribution in [-0.2, 0) is 4.74 Å². The third-order valence-corrected chi connectivity index (χ3v) is 3.59. The summed E-state index contributed by atoms with van der Waals surface area (Å²) in [5.74, 6) is 1.28. The van der Waals surface area contributed by atoms with Crippen molar-refractivity contribution < 1.29 is 4.74 Å². The van der Waals surface area contributed by atoms with Crippen molar-refractivity contribution in [2.75, 3.05) is 30.9 Å². The van der Waals surface area contributed by atoms with Gasteiger partial charge in [0.2, 0.25) is 5.95 Å². The normalized spacial score (nSPS) is 10.5. The second-order valence-electron chi connectivity index (χ2n) is 4.75. The predicted octanol–water partition coefficient (Wildman–Crippen LogP) is 4.28. The van der Waals surface area contributed by atoms with Crippen LogP contribution in [0, 0.1) is 6.92 Å². The van der Waals surface area contributed by atoms with E-state index in [9.17, 15) is 0 Å². The second kappa shape index (κ2) is 8.17. The molecule has 5 nitrogen and oxygen atoms in total.